The van der Waals surface area contributed by atoms with Crippen LogP contribution in [0.2, 0.25) is 0 Å². The van der Waals surface area contributed by atoms with Crippen molar-refractivity contribution in [1.29, 1.82) is 0 Å². The van der Waals surface area contributed by atoms with E-state index in [1.54, 1.807) is 0 Å². The monoisotopic (exact) mass is 372 g/mol. The number of piperidine rings is 1. The topological polar surface area (TPSA) is 63.4 Å². The molecule has 1 aromatic rings. The number of nitrogens with zero attached hydrogens (tertiary/aromatic N) is 1. The first-order chi connectivity index (χ1) is 10.2. The summed E-state index contributed by atoms with van der Waals surface area (Å²) < 4.78 is 64.9. The Morgan fingerprint density at radius 1 is 1.30 bits per heavy atom. The Bertz CT molecular complexity index is 650. The summed E-state index contributed by atoms with van der Waals surface area (Å²) in [6.45, 7) is 1.94. The van der Waals surface area contributed by atoms with Gasteiger partial charge in [0.15, 0.2) is 0 Å². The lowest BCUT2D eigenvalue weighted by molar-refractivity contribution is -0.137. The molecule has 1 heterocycles. The first-order valence-electron chi connectivity index (χ1n) is 7.07. The average Bonchev–Trinajstić information content (AvgIpc) is 2.45. The molecule has 1 saturated heterocycles. The summed E-state index contributed by atoms with van der Waals surface area (Å²) >= 11 is 0. The van der Waals surface area contributed by atoms with Crippen LogP contribution in [0.15, 0.2) is 23.1 Å². The minimum Gasteiger partial charge on any atom is -0.329 e. The number of halogens is 4. The van der Waals surface area contributed by atoms with E-state index in [-0.39, 0.29) is 35.5 Å². The summed E-state index contributed by atoms with van der Waals surface area (Å²) in [4.78, 5) is -0.0825. The molecular formula is C14H20ClF3N2O2S. The molecule has 1 aliphatic heterocycles. The normalized spacial score (nSPS) is 20.1. The van der Waals surface area contributed by atoms with Gasteiger partial charge in [0.25, 0.3) is 0 Å². The Kier molecular flexibility index (Phi) is 6.48. The van der Waals surface area contributed by atoms with Gasteiger partial charge >= 0.3 is 6.18 Å². The van der Waals surface area contributed by atoms with Crippen molar-refractivity contribution in [2.45, 2.75) is 43.3 Å². The van der Waals surface area contributed by atoms with Crippen molar-refractivity contribution in [2.75, 3.05) is 13.1 Å². The van der Waals surface area contributed by atoms with E-state index >= 15 is 0 Å². The summed E-state index contributed by atoms with van der Waals surface area (Å²) in [6.07, 6.45) is -2.18. The van der Waals surface area contributed by atoms with E-state index in [9.17, 15) is 21.6 Å². The van der Waals surface area contributed by atoms with Gasteiger partial charge in [-0.3, -0.25) is 0 Å². The van der Waals surface area contributed by atoms with Crippen molar-refractivity contribution in [2.24, 2.45) is 5.73 Å². The molecule has 9 heteroatoms. The SMILES string of the molecule is Cc1cc(C(F)(F)F)ccc1S(=O)(=O)N1CCCCC1CN.Cl. The number of aryl methyl sites for hydroxylation is 1. The maximum Gasteiger partial charge on any atom is 0.416 e. The zero-order valence-corrected chi connectivity index (χ0v) is 14.3. The lowest BCUT2D eigenvalue weighted by Gasteiger charge is -2.34. The van der Waals surface area contributed by atoms with Gasteiger partial charge in [-0.1, -0.05) is 6.42 Å². The van der Waals surface area contributed by atoms with Gasteiger partial charge in [-0.15, -0.1) is 12.4 Å². The Morgan fingerprint density at radius 2 is 1.96 bits per heavy atom. The number of benzene rings is 1. The molecule has 1 fully saturated rings. The molecule has 0 aliphatic carbocycles. The second-order valence-electron chi connectivity index (χ2n) is 5.48. The molecule has 0 bridgehead atoms. The molecule has 2 rings (SSSR count). The number of hydrogen-bond acceptors (Lipinski definition) is 3. The Balaban J connectivity index is 0.00000264. The van der Waals surface area contributed by atoms with Crippen LogP contribution in [-0.4, -0.2) is 31.9 Å². The fourth-order valence-electron chi connectivity index (χ4n) is 2.77. The van der Waals surface area contributed by atoms with Crippen LogP contribution in [0, 0.1) is 6.92 Å². The molecule has 1 aromatic carbocycles. The maximum atomic E-state index is 12.7. The van der Waals surface area contributed by atoms with Crippen molar-refractivity contribution in [3.63, 3.8) is 0 Å². The number of alkyl halides is 3. The fourth-order valence-corrected chi connectivity index (χ4v) is 4.68. The Labute approximate surface area is 140 Å². The smallest absolute Gasteiger partial charge is 0.329 e. The van der Waals surface area contributed by atoms with Crippen molar-refractivity contribution < 1.29 is 21.6 Å². The molecule has 0 radical (unpaired) electrons. The summed E-state index contributed by atoms with van der Waals surface area (Å²) in [6, 6.07) is 2.42. The van der Waals surface area contributed by atoms with Crippen molar-refractivity contribution >= 4 is 22.4 Å². The average molecular weight is 373 g/mol. The number of nitrogens with two attached hydrogens (primary N) is 1. The summed E-state index contributed by atoms with van der Waals surface area (Å²) in [5.74, 6) is 0. The van der Waals surface area contributed by atoms with E-state index in [4.69, 9.17) is 5.73 Å². The predicted octanol–water partition coefficient (Wildman–Crippen LogP) is 2.94. The second kappa shape index (κ2) is 7.38. The van der Waals surface area contributed by atoms with Gasteiger partial charge in [-0.25, -0.2) is 8.42 Å². The van der Waals surface area contributed by atoms with E-state index in [0.29, 0.717) is 13.0 Å². The number of sulfonamides is 1. The molecule has 0 spiro atoms. The van der Waals surface area contributed by atoms with Gasteiger partial charge in [0.2, 0.25) is 10.0 Å². The number of rotatable bonds is 3. The first kappa shape index (κ1) is 20.2. The highest BCUT2D eigenvalue weighted by atomic mass is 35.5. The second-order valence-corrected chi connectivity index (χ2v) is 7.34. The zero-order chi connectivity index (χ0) is 16.5. The molecule has 1 aliphatic rings. The van der Waals surface area contributed by atoms with Crippen LogP contribution in [0.3, 0.4) is 0 Å². The molecular weight excluding hydrogens is 353 g/mol. The first-order valence-corrected chi connectivity index (χ1v) is 8.51. The van der Waals surface area contributed by atoms with Gasteiger partial charge in [-0.2, -0.15) is 17.5 Å². The highest BCUT2D eigenvalue weighted by molar-refractivity contribution is 7.89. The molecule has 1 unspecified atom stereocenters. The largest absolute Gasteiger partial charge is 0.416 e. The van der Waals surface area contributed by atoms with Gasteiger partial charge < -0.3 is 5.73 Å². The van der Waals surface area contributed by atoms with Gasteiger partial charge in [-0.05, 0) is 43.5 Å². The molecule has 132 valence electrons. The molecule has 0 saturated carbocycles. The lowest BCUT2D eigenvalue weighted by atomic mass is 10.1. The highest BCUT2D eigenvalue weighted by Gasteiger charge is 2.35. The maximum absolute atomic E-state index is 12.7. The zero-order valence-electron chi connectivity index (χ0n) is 12.6. The lowest BCUT2D eigenvalue weighted by Crippen LogP contribution is -2.47. The molecule has 23 heavy (non-hydrogen) atoms. The summed E-state index contributed by atoms with van der Waals surface area (Å²) in [7, 11) is -3.83. The van der Waals surface area contributed by atoms with Gasteiger partial charge in [0.05, 0.1) is 10.5 Å². The predicted molar refractivity (Wildman–Crippen MR) is 84.0 cm³/mol. The van der Waals surface area contributed by atoms with Crippen LogP contribution in [-0.2, 0) is 16.2 Å². The molecule has 1 atom stereocenters. The number of hydrogen-bond donors (Lipinski definition) is 1. The minimum atomic E-state index is -4.49. The third kappa shape index (κ3) is 4.17. The third-order valence-electron chi connectivity index (χ3n) is 3.93. The van der Waals surface area contributed by atoms with E-state index in [1.807, 2.05) is 0 Å². The quantitative estimate of drug-likeness (QED) is 0.887. The van der Waals surface area contributed by atoms with Crippen LogP contribution in [0.25, 0.3) is 0 Å². The Hall–Kier alpha value is -0.830. The van der Waals surface area contributed by atoms with Crippen LogP contribution in [0.1, 0.15) is 30.4 Å². The van der Waals surface area contributed by atoms with Gasteiger partial charge in [0.1, 0.15) is 0 Å². The standard InChI is InChI=1S/C14H19F3N2O2S.ClH/c1-10-8-11(14(15,16)17)5-6-13(10)22(20,21)19-7-3-2-4-12(19)9-18;/h5-6,8,12H,2-4,7,9,18H2,1H3;1H. The van der Waals surface area contributed by atoms with Crippen LogP contribution in [0.5, 0.6) is 0 Å². The highest BCUT2D eigenvalue weighted by Crippen LogP contribution is 2.33. The van der Waals surface area contributed by atoms with E-state index in [0.717, 1.165) is 31.0 Å². The molecule has 4 nitrogen and oxygen atoms in total. The Morgan fingerprint density at radius 3 is 2.48 bits per heavy atom. The van der Waals surface area contributed by atoms with Crippen molar-refractivity contribution in [3.8, 4) is 0 Å². The van der Waals surface area contributed by atoms with Gasteiger partial charge in [0, 0.05) is 19.1 Å². The van der Waals surface area contributed by atoms with Crippen LogP contribution in [0.4, 0.5) is 13.2 Å². The summed E-state index contributed by atoms with van der Waals surface area (Å²) in [5.41, 5.74) is 4.88. The molecule has 0 amide bonds. The van der Waals surface area contributed by atoms with Crippen LogP contribution < -0.4 is 5.73 Å². The van der Waals surface area contributed by atoms with Crippen molar-refractivity contribution in [3.05, 3.63) is 29.3 Å². The van der Waals surface area contributed by atoms with Crippen LogP contribution >= 0.6 is 12.4 Å². The summed E-state index contributed by atoms with van der Waals surface area (Å²) in [5, 5.41) is 0. The van der Waals surface area contributed by atoms with E-state index in [2.05, 4.69) is 0 Å². The van der Waals surface area contributed by atoms with Crippen molar-refractivity contribution in [1.82, 2.24) is 4.31 Å². The van der Waals surface area contributed by atoms with E-state index < -0.39 is 21.8 Å². The minimum absolute atomic E-state index is 0. The van der Waals surface area contributed by atoms with E-state index in [1.165, 1.54) is 11.2 Å². The third-order valence-corrected chi connectivity index (χ3v) is 6.05. The fraction of sp³-hybridized carbons (Fsp3) is 0.571. The molecule has 0 aromatic heterocycles. The molecule has 2 N–H and O–H groups in total.